The number of methoxy groups -OCH3 is 1. The lowest BCUT2D eigenvalue weighted by Gasteiger charge is -2.09. The van der Waals surface area contributed by atoms with Crippen molar-refractivity contribution in [1.29, 1.82) is 0 Å². The van der Waals surface area contributed by atoms with Gasteiger partial charge in [0.25, 0.3) is 11.2 Å². The van der Waals surface area contributed by atoms with Crippen LogP contribution in [-0.4, -0.2) is 21.6 Å². The summed E-state index contributed by atoms with van der Waals surface area (Å²) in [5.41, 5.74) is 1.21. The van der Waals surface area contributed by atoms with Gasteiger partial charge in [0.15, 0.2) is 5.03 Å². The zero-order chi connectivity index (χ0) is 19.4. The molecule has 138 valence electrons. The van der Waals surface area contributed by atoms with Crippen molar-refractivity contribution >= 4 is 29.1 Å². The lowest BCUT2D eigenvalue weighted by Crippen LogP contribution is -2.20. The summed E-state index contributed by atoms with van der Waals surface area (Å²) in [6.07, 6.45) is 3.11. The molecule has 7 nitrogen and oxygen atoms in total. The average Bonchev–Trinajstić information content (AvgIpc) is 2.67. The van der Waals surface area contributed by atoms with E-state index in [2.05, 4.69) is 4.98 Å². The van der Waals surface area contributed by atoms with Gasteiger partial charge in [0.1, 0.15) is 5.75 Å². The van der Waals surface area contributed by atoms with Gasteiger partial charge in [0.2, 0.25) is 0 Å². The largest absolute Gasteiger partial charge is 0.495 e. The van der Waals surface area contributed by atoms with E-state index in [4.69, 9.17) is 16.3 Å². The Hall–Kier alpha value is -2.84. The van der Waals surface area contributed by atoms with Crippen molar-refractivity contribution < 1.29 is 9.66 Å². The lowest BCUT2D eigenvalue weighted by molar-refractivity contribution is -0.384. The summed E-state index contributed by atoms with van der Waals surface area (Å²) in [6, 6.07) is 11.3. The lowest BCUT2D eigenvalue weighted by atomic mass is 10.2. The smallest absolute Gasteiger partial charge is 0.287 e. The number of nitro benzene ring substituents is 1. The number of ether oxygens (including phenoxy) is 1. The van der Waals surface area contributed by atoms with Crippen molar-refractivity contribution in [2.24, 2.45) is 0 Å². The molecule has 0 saturated heterocycles. The molecule has 9 heteroatoms. The molecule has 3 aromatic rings. The first-order chi connectivity index (χ1) is 13.0. The summed E-state index contributed by atoms with van der Waals surface area (Å²) < 4.78 is 6.58. The molecule has 0 unspecified atom stereocenters. The predicted octanol–water partition coefficient (Wildman–Crippen LogP) is 4.10. The minimum atomic E-state index is -0.450. The van der Waals surface area contributed by atoms with Gasteiger partial charge >= 0.3 is 0 Å². The summed E-state index contributed by atoms with van der Waals surface area (Å²) >= 11 is 7.40. The fraction of sp³-hybridized carbons (Fsp3) is 0.111. The maximum atomic E-state index is 12.7. The molecule has 0 bridgehead atoms. The first-order valence-electron chi connectivity index (χ1n) is 7.77. The normalized spacial score (nSPS) is 10.6. The number of hydrogen-bond acceptors (Lipinski definition) is 6. The van der Waals surface area contributed by atoms with E-state index in [0.717, 1.165) is 5.56 Å². The van der Waals surface area contributed by atoms with E-state index in [1.165, 1.54) is 41.8 Å². The van der Waals surface area contributed by atoms with Gasteiger partial charge in [-0.15, -0.1) is 0 Å². The second-order valence-corrected chi connectivity index (χ2v) is 6.81. The van der Waals surface area contributed by atoms with Gasteiger partial charge < -0.3 is 4.74 Å². The highest BCUT2D eigenvalue weighted by Crippen LogP contribution is 2.26. The maximum Gasteiger partial charge on any atom is 0.287 e. The number of nitrogens with zero attached hydrogens (tertiary/aromatic N) is 3. The zero-order valence-corrected chi connectivity index (χ0v) is 15.7. The van der Waals surface area contributed by atoms with Gasteiger partial charge in [-0.25, -0.2) is 4.98 Å². The Morgan fingerprint density at radius 1 is 1.26 bits per heavy atom. The summed E-state index contributed by atoms with van der Waals surface area (Å²) in [5, 5.41) is 11.4. The van der Waals surface area contributed by atoms with Crippen molar-refractivity contribution in [3.05, 3.63) is 85.9 Å². The zero-order valence-electron chi connectivity index (χ0n) is 14.2. The fourth-order valence-electron chi connectivity index (χ4n) is 2.37. The molecule has 0 fully saturated rings. The Morgan fingerprint density at radius 3 is 2.63 bits per heavy atom. The van der Waals surface area contributed by atoms with Crippen LogP contribution in [0.5, 0.6) is 5.75 Å². The van der Waals surface area contributed by atoms with Gasteiger partial charge in [0, 0.05) is 30.3 Å². The molecule has 0 amide bonds. The van der Waals surface area contributed by atoms with Crippen LogP contribution >= 0.6 is 23.4 Å². The minimum absolute atomic E-state index is 0.0281. The standard InChI is InChI=1S/C18H14ClN3O4S/c1-26-16-7-6-14(10-15(16)19)21-9-8-20-17(18(21)23)27-11-12-2-4-13(5-3-12)22(24)25/h2-10H,11H2,1H3. The third kappa shape index (κ3) is 4.29. The highest BCUT2D eigenvalue weighted by atomic mass is 35.5. The van der Waals surface area contributed by atoms with Crippen molar-refractivity contribution in [2.45, 2.75) is 10.8 Å². The van der Waals surface area contributed by atoms with E-state index >= 15 is 0 Å². The fourth-order valence-corrected chi connectivity index (χ4v) is 3.47. The number of hydrogen-bond donors (Lipinski definition) is 0. The first-order valence-corrected chi connectivity index (χ1v) is 9.13. The molecule has 0 aliphatic carbocycles. The van der Waals surface area contributed by atoms with Crippen molar-refractivity contribution in [2.75, 3.05) is 7.11 Å². The van der Waals surface area contributed by atoms with E-state index in [1.807, 2.05) is 0 Å². The van der Waals surface area contributed by atoms with E-state index in [9.17, 15) is 14.9 Å². The number of non-ortho nitro benzene ring substituents is 1. The third-order valence-corrected chi connectivity index (χ3v) is 5.07. The van der Waals surface area contributed by atoms with Crippen LogP contribution in [0.1, 0.15) is 5.56 Å². The van der Waals surface area contributed by atoms with Gasteiger partial charge in [-0.3, -0.25) is 19.5 Å². The van der Waals surface area contributed by atoms with Crippen LogP contribution in [0, 0.1) is 10.1 Å². The molecular formula is C18H14ClN3O4S. The summed E-state index contributed by atoms with van der Waals surface area (Å²) in [7, 11) is 1.52. The first kappa shape index (κ1) is 18.9. The van der Waals surface area contributed by atoms with Crippen LogP contribution in [0.3, 0.4) is 0 Å². The molecule has 0 N–H and O–H groups in total. The number of halogens is 1. The summed E-state index contributed by atoms with van der Waals surface area (Å²) in [4.78, 5) is 27.1. The molecule has 2 aromatic carbocycles. The quantitative estimate of drug-likeness (QED) is 0.350. The molecule has 3 rings (SSSR count). The summed E-state index contributed by atoms with van der Waals surface area (Å²) in [5.74, 6) is 0.989. The molecule has 0 atom stereocenters. The Kier molecular flexibility index (Phi) is 5.78. The Bertz CT molecular complexity index is 1040. The maximum absolute atomic E-state index is 12.7. The van der Waals surface area contributed by atoms with E-state index in [0.29, 0.717) is 27.2 Å². The minimum Gasteiger partial charge on any atom is -0.495 e. The van der Waals surface area contributed by atoms with Crippen LogP contribution in [0.2, 0.25) is 5.02 Å². The van der Waals surface area contributed by atoms with E-state index in [1.54, 1.807) is 36.5 Å². The van der Waals surface area contributed by atoms with Crippen LogP contribution in [0.15, 0.2) is 64.7 Å². The molecule has 0 aliphatic rings. The van der Waals surface area contributed by atoms with Crippen molar-refractivity contribution in [3.8, 4) is 11.4 Å². The second-order valence-electron chi connectivity index (χ2n) is 5.44. The Balaban J connectivity index is 1.81. The van der Waals surface area contributed by atoms with Crippen LogP contribution < -0.4 is 10.3 Å². The monoisotopic (exact) mass is 403 g/mol. The molecule has 0 radical (unpaired) electrons. The highest BCUT2D eigenvalue weighted by molar-refractivity contribution is 7.98. The highest BCUT2D eigenvalue weighted by Gasteiger charge is 2.10. The molecule has 0 spiro atoms. The third-order valence-electron chi connectivity index (χ3n) is 3.75. The van der Waals surface area contributed by atoms with Crippen molar-refractivity contribution in [3.63, 3.8) is 0 Å². The number of aromatic nitrogens is 2. The summed E-state index contributed by atoms with van der Waals surface area (Å²) in [6.45, 7) is 0. The van der Waals surface area contributed by atoms with Crippen LogP contribution in [0.25, 0.3) is 5.69 Å². The topological polar surface area (TPSA) is 87.3 Å². The van der Waals surface area contributed by atoms with Crippen LogP contribution in [0.4, 0.5) is 5.69 Å². The molecule has 27 heavy (non-hydrogen) atoms. The van der Waals surface area contributed by atoms with Crippen molar-refractivity contribution in [1.82, 2.24) is 9.55 Å². The molecular weight excluding hydrogens is 390 g/mol. The number of nitro groups is 1. The molecule has 1 heterocycles. The molecule has 0 saturated carbocycles. The van der Waals surface area contributed by atoms with Gasteiger partial charge in [-0.2, -0.15) is 0 Å². The van der Waals surface area contributed by atoms with E-state index < -0.39 is 4.92 Å². The second kappa shape index (κ2) is 8.24. The Morgan fingerprint density at radius 2 is 2.00 bits per heavy atom. The average molecular weight is 404 g/mol. The van der Waals surface area contributed by atoms with E-state index in [-0.39, 0.29) is 11.2 Å². The number of thioether (sulfide) groups is 1. The SMILES string of the molecule is COc1ccc(-n2ccnc(SCc3ccc([N+](=O)[O-])cc3)c2=O)cc1Cl. The predicted molar refractivity (Wildman–Crippen MR) is 104 cm³/mol. The van der Waals surface area contributed by atoms with Gasteiger partial charge in [-0.1, -0.05) is 35.5 Å². The number of benzene rings is 2. The Labute approximate surface area is 163 Å². The van der Waals surface area contributed by atoms with Gasteiger partial charge in [0.05, 0.1) is 22.7 Å². The molecule has 1 aromatic heterocycles. The number of rotatable bonds is 6. The van der Waals surface area contributed by atoms with Gasteiger partial charge in [-0.05, 0) is 23.8 Å². The van der Waals surface area contributed by atoms with Crippen LogP contribution in [-0.2, 0) is 5.75 Å². The molecule has 0 aliphatic heterocycles.